The van der Waals surface area contributed by atoms with Crippen LogP contribution in [0.4, 0.5) is 0 Å². The van der Waals surface area contributed by atoms with E-state index in [1.807, 2.05) is 0 Å². The Morgan fingerprint density at radius 2 is 1.55 bits per heavy atom. The summed E-state index contributed by atoms with van der Waals surface area (Å²) < 4.78 is 11.1. The Bertz CT molecular complexity index is 848. The Morgan fingerprint density at radius 1 is 0.900 bits per heavy atom. The average Bonchev–Trinajstić information content (AvgIpc) is 2.99. The molecule has 4 heteroatoms. The van der Waals surface area contributed by atoms with Gasteiger partial charge in [-0.1, -0.05) is 69.8 Å². The number of carbonyl (C=O) groups is 1. The van der Waals surface area contributed by atoms with Crippen LogP contribution in [0, 0.1) is 35.5 Å². The molecule has 0 aromatic carbocycles. The van der Waals surface area contributed by atoms with Crippen molar-refractivity contribution in [2.45, 2.75) is 129 Å². The zero-order chi connectivity index (χ0) is 28.3. The highest BCUT2D eigenvalue weighted by atomic mass is 16.6. The van der Waals surface area contributed by atoms with Crippen LogP contribution in [-0.2, 0) is 14.3 Å². The Labute approximate surface area is 245 Å². The zero-order valence-electron chi connectivity index (χ0n) is 25.7. The van der Waals surface area contributed by atoms with Crippen LogP contribution in [0.5, 0.6) is 0 Å². The quantitative estimate of drug-likeness (QED) is 0.140. The molecule has 0 aromatic heterocycles. The summed E-state index contributed by atoms with van der Waals surface area (Å²) in [5, 5.41) is 8.94. The van der Waals surface area contributed by atoms with Crippen molar-refractivity contribution in [3.8, 4) is 0 Å². The summed E-state index contributed by atoms with van der Waals surface area (Å²) in [6.07, 6.45) is 28.8. The Kier molecular flexibility index (Phi) is 12.9. The van der Waals surface area contributed by atoms with E-state index in [1.165, 1.54) is 96.3 Å². The van der Waals surface area contributed by atoms with Crippen molar-refractivity contribution in [3.05, 3.63) is 35.5 Å². The fourth-order valence-electron chi connectivity index (χ4n) is 8.46. The predicted octanol–water partition coefficient (Wildman–Crippen LogP) is 8.74. The number of carbonyl (C=O) groups excluding carboxylic acids is 1. The summed E-state index contributed by atoms with van der Waals surface area (Å²) in [6, 6.07) is 0. The summed E-state index contributed by atoms with van der Waals surface area (Å²) in [6.45, 7) is 8.47. The smallest absolute Gasteiger partial charge is 0.335 e. The lowest BCUT2D eigenvalue weighted by atomic mass is 9.66. The predicted molar refractivity (Wildman–Crippen MR) is 164 cm³/mol. The second kappa shape index (κ2) is 16.3. The zero-order valence-corrected chi connectivity index (χ0v) is 25.7. The number of allylic oxidation sites excluding steroid dienone is 4. The average molecular weight is 555 g/mol. The second-order valence-corrected chi connectivity index (χ2v) is 13.6. The van der Waals surface area contributed by atoms with Crippen LogP contribution >= 0.6 is 0 Å². The molecular weight excluding hydrogens is 496 g/mol. The number of unbranched alkanes of at least 4 members (excludes halogenated alkanes) is 2. The van der Waals surface area contributed by atoms with Crippen molar-refractivity contribution in [2.24, 2.45) is 35.5 Å². The van der Waals surface area contributed by atoms with E-state index in [2.05, 4.69) is 32.6 Å². The van der Waals surface area contributed by atoms with E-state index >= 15 is 0 Å². The molecule has 4 rings (SSSR count). The van der Waals surface area contributed by atoms with Gasteiger partial charge in [-0.3, -0.25) is 0 Å². The van der Waals surface area contributed by atoms with Crippen LogP contribution in [0.3, 0.4) is 0 Å². The van der Waals surface area contributed by atoms with Crippen molar-refractivity contribution in [2.75, 3.05) is 19.8 Å². The van der Waals surface area contributed by atoms with E-state index in [4.69, 9.17) is 14.6 Å². The topological polar surface area (TPSA) is 55.8 Å². The van der Waals surface area contributed by atoms with E-state index in [-0.39, 0.29) is 24.9 Å². The van der Waals surface area contributed by atoms with Gasteiger partial charge in [0.2, 0.25) is 0 Å². The van der Waals surface area contributed by atoms with Gasteiger partial charge in [-0.25, -0.2) is 4.79 Å². The highest BCUT2D eigenvalue weighted by Crippen LogP contribution is 2.46. The molecule has 226 valence electrons. The number of aliphatic hydroxyl groups excluding tert-OH is 1. The largest absolute Gasteiger partial charge is 0.460 e. The highest BCUT2D eigenvalue weighted by Gasteiger charge is 2.34. The molecule has 1 atom stereocenters. The summed E-state index contributed by atoms with van der Waals surface area (Å²) >= 11 is 0. The lowest BCUT2D eigenvalue weighted by Gasteiger charge is -2.39. The lowest BCUT2D eigenvalue weighted by Crippen LogP contribution is -2.29. The van der Waals surface area contributed by atoms with Crippen LogP contribution in [-0.4, -0.2) is 37.0 Å². The first kappa shape index (κ1) is 31.5. The Morgan fingerprint density at radius 3 is 2.17 bits per heavy atom. The number of hydrogen-bond acceptors (Lipinski definition) is 4. The van der Waals surface area contributed by atoms with Crippen molar-refractivity contribution in [3.63, 3.8) is 0 Å². The molecule has 40 heavy (non-hydrogen) atoms. The van der Waals surface area contributed by atoms with Gasteiger partial charge in [0.05, 0.1) is 24.9 Å². The molecule has 0 aromatic rings. The van der Waals surface area contributed by atoms with Gasteiger partial charge in [0.15, 0.2) is 0 Å². The van der Waals surface area contributed by atoms with Gasteiger partial charge in [-0.15, -0.1) is 0 Å². The first-order valence-electron chi connectivity index (χ1n) is 16.9. The molecule has 3 saturated carbocycles. The number of aliphatic hydroxyl groups is 1. The molecule has 4 nitrogen and oxygen atoms in total. The van der Waals surface area contributed by atoms with E-state index in [1.54, 1.807) is 11.1 Å². The maximum Gasteiger partial charge on any atom is 0.335 e. The number of rotatable bonds is 13. The van der Waals surface area contributed by atoms with E-state index in [0.717, 1.165) is 42.4 Å². The molecule has 0 amide bonds. The molecule has 0 saturated heterocycles. The monoisotopic (exact) mass is 554 g/mol. The lowest BCUT2D eigenvalue weighted by molar-refractivity contribution is -0.142. The summed E-state index contributed by atoms with van der Waals surface area (Å²) in [5.74, 6) is 4.76. The first-order valence-corrected chi connectivity index (χ1v) is 16.9. The Hall–Kier alpha value is -1.39. The van der Waals surface area contributed by atoms with Gasteiger partial charge in [-0.05, 0) is 119 Å². The van der Waals surface area contributed by atoms with E-state index < -0.39 is 5.97 Å². The molecule has 0 heterocycles. The molecule has 4 aliphatic rings. The maximum atomic E-state index is 11.6. The third kappa shape index (κ3) is 9.05. The fourth-order valence-corrected chi connectivity index (χ4v) is 8.46. The van der Waals surface area contributed by atoms with Gasteiger partial charge < -0.3 is 14.6 Å². The van der Waals surface area contributed by atoms with E-state index in [9.17, 15) is 4.79 Å². The van der Waals surface area contributed by atoms with Crippen LogP contribution in [0.1, 0.15) is 123 Å². The standard InChI is InChI=1S/C36H58O4/c1-4-5-6-7-28-8-10-29(11-9-28)30-12-14-31(15-13-30)33-18-21-35(26(2)24-33)32-16-19-34(20-17-32)39-22-23-40-36(38)27(3)25-37/h18,24,28-32,34-35,37H,3-17,19-23,25H2,1-2H3. The Balaban J connectivity index is 1.12. The normalized spacial score (nSPS) is 33.1. The third-order valence-corrected chi connectivity index (χ3v) is 11.0. The van der Waals surface area contributed by atoms with E-state index in [0.29, 0.717) is 12.5 Å². The van der Waals surface area contributed by atoms with Crippen molar-refractivity contribution < 1.29 is 19.4 Å². The third-order valence-electron chi connectivity index (χ3n) is 11.0. The first-order chi connectivity index (χ1) is 19.5. The molecular formula is C36H58O4. The molecule has 3 fully saturated rings. The van der Waals surface area contributed by atoms with Gasteiger partial charge in [-0.2, -0.15) is 0 Å². The van der Waals surface area contributed by atoms with Gasteiger partial charge in [0, 0.05) is 0 Å². The van der Waals surface area contributed by atoms with Crippen molar-refractivity contribution >= 4 is 5.97 Å². The molecule has 1 unspecified atom stereocenters. The van der Waals surface area contributed by atoms with Gasteiger partial charge >= 0.3 is 5.97 Å². The van der Waals surface area contributed by atoms with Crippen molar-refractivity contribution in [1.29, 1.82) is 0 Å². The SMILES string of the molecule is C=C(CO)C(=O)OCCOC1CCC(C2CC=C(C3CCC(C4CCC(CCCCC)CC4)CC3)C=C2C)CC1. The van der Waals surface area contributed by atoms with Gasteiger partial charge in [0.25, 0.3) is 0 Å². The second-order valence-electron chi connectivity index (χ2n) is 13.6. The number of ether oxygens (including phenoxy) is 2. The minimum atomic E-state index is -0.537. The number of hydrogen-bond donors (Lipinski definition) is 1. The molecule has 1 N–H and O–H groups in total. The minimum Gasteiger partial charge on any atom is -0.460 e. The molecule has 4 aliphatic carbocycles. The van der Waals surface area contributed by atoms with Crippen molar-refractivity contribution in [1.82, 2.24) is 0 Å². The summed E-state index contributed by atoms with van der Waals surface area (Å²) in [7, 11) is 0. The highest BCUT2D eigenvalue weighted by molar-refractivity contribution is 5.87. The van der Waals surface area contributed by atoms with Crippen LogP contribution in [0.15, 0.2) is 35.5 Å². The minimum absolute atomic E-state index is 0.0897. The van der Waals surface area contributed by atoms with Crippen LogP contribution in [0.25, 0.3) is 0 Å². The number of esters is 1. The molecule has 0 spiro atoms. The molecule has 0 radical (unpaired) electrons. The molecule has 0 aliphatic heterocycles. The fraction of sp³-hybridized carbons (Fsp3) is 0.806. The molecule has 0 bridgehead atoms. The summed E-state index contributed by atoms with van der Waals surface area (Å²) in [4.78, 5) is 11.6. The maximum absolute atomic E-state index is 11.6. The summed E-state index contributed by atoms with van der Waals surface area (Å²) in [5.41, 5.74) is 3.36. The van der Waals surface area contributed by atoms with Gasteiger partial charge in [0.1, 0.15) is 6.61 Å². The van der Waals surface area contributed by atoms with Crippen LogP contribution in [0.2, 0.25) is 0 Å². The van der Waals surface area contributed by atoms with Crippen LogP contribution < -0.4 is 0 Å².